The van der Waals surface area contributed by atoms with Crippen LogP contribution in [0.4, 0.5) is 5.00 Å². The Hall–Kier alpha value is -1.91. The number of nitrogens with zero attached hydrogens (tertiary/aromatic N) is 3. The zero-order valence-corrected chi connectivity index (χ0v) is 18.7. The largest absolute Gasteiger partial charge is 0.315 e. The highest BCUT2D eigenvalue weighted by Crippen LogP contribution is 2.36. The van der Waals surface area contributed by atoms with Crippen molar-refractivity contribution in [1.29, 1.82) is 5.26 Å². The third-order valence-corrected chi connectivity index (χ3v) is 7.40. The summed E-state index contributed by atoms with van der Waals surface area (Å²) >= 11 is 7.56. The molecule has 1 aliphatic heterocycles. The Morgan fingerprint density at radius 3 is 2.50 bits per heavy atom. The van der Waals surface area contributed by atoms with E-state index >= 15 is 0 Å². The van der Waals surface area contributed by atoms with Gasteiger partial charge in [-0.05, 0) is 48.9 Å². The van der Waals surface area contributed by atoms with Crippen LogP contribution in [0.15, 0.2) is 24.3 Å². The van der Waals surface area contributed by atoms with E-state index in [1.165, 1.54) is 28.8 Å². The minimum Gasteiger partial charge on any atom is -0.315 e. The van der Waals surface area contributed by atoms with Gasteiger partial charge in [0.15, 0.2) is 0 Å². The normalized spacial score (nSPS) is 17.7. The summed E-state index contributed by atoms with van der Waals surface area (Å²) < 4.78 is 0. The molecule has 0 atom stereocenters. The number of hydrogen-bond donors (Lipinski definition) is 1. The first kappa shape index (κ1) is 21.3. The van der Waals surface area contributed by atoms with E-state index in [9.17, 15) is 10.1 Å². The fraction of sp³-hybridized carbons (Fsp3) is 0.478. The Balaban J connectivity index is 1.28. The molecule has 5 nitrogen and oxygen atoms in total. The minimum absolute atomic E-state index is 0.0194. The van der Waals surface area contributed by atoms with Gasteiger partial charge in [-0.3, -0.25) is 14.6 Å². The summed E-state index contributed by atoms with van der Waals surface area (Å²) in [6.45, 7) is 4.89. The van der Waals surface area contributed by atoms with Crippen molar-refractivity contribution in [3.63, 3.8) is 0 Å². The van der Waals surface area contributed by atoms with Crippen molar-refractivity contribution in [3.05, 3.63) is 50.9 Å². The van der Waals surface area contributed by atoms with E-state index in [1.54, 1.807) is 11.3 Å². The van der Waals surface area contributed by atoms with Crippen molar-refractivity contribution >= 4 is 33.8 Å². The smallest absolute Gasteiger partial charge is 0.239 e. The van der Waals surface area contributed by atoms with Crippen LogP contribution in [0.5, 0.6) is 0 Å². The second-order valence-electron chi connectivity index (χ2n) is 8.11. The predicted octanol–water partition coefficient (Wildman–Crippen LogP) is 4.30. The molecule has 2 aromatic rings. The van der Waals surface area contributed by atoms with Crippen molar-refractivity contribution in [2.75, 3.05) is 38.0 Å². The molecule has 0 saturated carbocycles. The average molecular weight is 443 g/mol. The molecule has 1 aromatic heterocycles. The van der Waals surface area contributed by atoms with Crippen molar-refractivity contribution in [2.45, 2.75) is 38.6 Å². The second kappa shape index (κ2) is 9.93. The lowest BCUT2D eigenvalue weighted by Crippen LogP contribution is -2.48. The molecule has 2 aliphatic rings. The van der Waals surface area contributed by atoms with Crippen LogP contribution in [0.1, 0.15) is 40.8 Å². The molecule has 30 heavy (non-hydrogen) atoms. The number of anilines is 1. The number of halogens is 1. The van der Waals surface area contributed by atoms with Gasteiger partial charge < -0.3 is 5.32 Å². The Morgan fingerprint density at radius 2 is 1.77 bits per heavy atom. The number of carbonyl (C=O) groups excluding carboxylic acids is 1. The van der Waals surface area contributed by atoms with Crippen LogP contribution in [0.2, 0.25) is 5.02 Å². The molecular formula is C23H27ClN4OS. The van der Waals surface area contributed by atoms with Crippen LogP contribution in [0, 0.1) is 11.3 Å². The summed E-state index contributed by atoms with van der Waals surface area (Å²) in [4.78, 5) is 18.5. The maximum atomic E-state index is 12.7. The van der Waals surface area contributed by atoms with Gasteiger partial charge in [-0.1, -0.05) is 30.2 Å². The molecule has 0 radical (unpaired) electrons. The number of aryl methyl sites for hydroxylation is 1. The highest BCUT2D eigenvalue weighted by molar-refractivity contribution is 7.16. The van der Waals surface area contributed by atoms with Crippen molar-refractivity contribution in [1.82, 2.24) is 9.80 Å². The quantitative estimate of drug-likeness (QED) is 0.701. The van der Waals surface area contributed by atoms with Crippen LogP contribution < -0.4 is 5.32 Å². The molecule has 1 N–H and O–H groups in total. The van der Waals surface area contributed by atoms with Gasteiger partial charge in [-0.15, -0.1) is 11.3 Å². The fourth-order valence-corrected chi connectivity index (χ4v) is 5.65. The third kappa shape index (κ3) is 5.22. The number of hydrogen-bond acceptors (Lipinski definition) is 5. The topological polar surface area (TPSA) is 59.4 Å². The van der Waals surface area contributed by atoms with E-state index in [2.05, 4.69) is 33.3 Å². The molecule has 7 heteroatoms. The van der Waals surface area contributed by atoms with Crippen LogP contribution in [0.3, 0.4) is 0 Å². The average Bonchev–Trinajstić information content (AvgIpc) is 2.90. The van der Waals surface area contributed by atoms with Crippen LogP contribution in [-0.2, 0) is 24.2 Å². The van der Waals surface area contributed by atoms with E-state index in [0.717, 1.165) is 62.0 Å². The van der Waals surface area contributed by atoms with Crippen molar-refractivity contribution < 1.29 is 4.79 Å². The van der Waals surface area contributed by atoms with Crippen molar-refractivity contribution in [3.8, 4) is 6.07 Å². The Morgan fingerprint density at radius 1 is 1.07 bits per heavy atom. The number of thiophene rings is 1. The molecule has 1 fully saturated rings. The standard InChI is InChI=1S/C23H27ClN4OS/c24-18-8-6-17(7-9-18)15-27-10-12-28(13-11-27)16-22(29)26-23-20(14-25)19-4-2-1-3-5-21(19)30-23/h6-9H,1-5,10-13,15-16H2,(H,26,29). The summed E-state index contributed by atoms with van der Waals surface area (Å²) in [6.07, 6.45) is 5.51. The first-order chi connectivity index (χ1) is 14.6. The van der Waals surface area contributed by atoms with Crippen LogP contribution in [-0.4, -0.2) is 48.4 Å². The fourth-order valence-electron chi connectivity index (χ4n) is 4.27. The van der Waals surface area contributed by atoms with Gasteiger partial charge >= 0.3 is 0 Å². The third-order valence-electron chi connectivity index (χ3n) is 5.94. The molecule has 4 rings (SSSR count). The lowest BCUT2D eigenvalue weighted by atomic mass is 10.1. The second-order valence-corrected chi connectivity index (χ2v) is 9.65. The molecule has 1 saturated heterocycles. The van der Waals surface area contributed by atoms with Gasteiger partial charge in [0.2, 0.25) is 5.91 Å². The van der Waals surface area contributed by atoms with Crippen LogP contribution >= 0.6 is 22.9 Å². The number of piperazine rings is 1. The zero-order chi connectivity index (χ0) is 20.9. The number of benzene rings is 1. The van der Waals surface area contributed by atoms with E-state index in [0.29, 0.717) is 12.1 Å². The highest BCUT2D eigenvalue weighted by Gasteiger charge is 2.23. The number of amides is 1. The summed E-state index contributed by atoms with van der Waals surface area (Å²) in [7, 11) is 0. The number of fused-ring (bicyclic) bond motifs is 1. The lowest BCUT2D eigenvalue weighted by molar-refractivity contribution is -0.117. The predicted molar refractivity (Wildman–Crippen MR) is 122 cm³/mol. The molecule has 1 aromatic carbocycles. The minimum atomic E-state index is -0.0194. The number of nitrogens with one attached hydrogen (secondary N) is 1. The summed E-state index contributed by atoms with van der Waals surface area (Å²) in [5.74, 6) is -0.0194. The Kier molecular flexibility index (Phi) is 7.06. The molecule has 1 aliphatic carbocycles. The van der Waals surface area contributed by atoms with Gasteiger partial charge in [0.25, 0.3) is 0 Å². The molecule has 158 valence electrons. The number of rotatable bonds is 5. The Labute approximate surface area is 187 Å². The molecule has 1 amide bonds. The SMILES string of the molecule is N#Cc1c(NC(=O)CN2CCN(Cc3ccc(Cl)cc3)CC2)sc2c1CCCCC2. The molecule has 0 spiro atoms. The lowest BCUT2D eigenvalue weighted by Gasteiger charge is -2.34. The summed E-state index contributed by atoms with van der Waals surface area (Å²) in [5, 5.41) is 14.2. The van der Waals surface area contributed by atoms with Gasteiger partial charge in [0.1, 0.15) is 11.1 Å². The van der Waals surface area contributed by atoms with Crippen LogP contribution in [0.25, 0.3) is 0 Å². The van der Waals surface area contributed by atoms with E-state index in [4.69, 9.17) is 11.6 Å². The number of carbonyl (C=O) groups is 1. The maximum absolute atomic E-state index is 12.7. The van der Waals surface area contributed by atoms with E-state index in [-0.39, 0.29) is 5.91 Å². The van der Waals surface area contributed by atoms with Gasteiger partial charge in [-0.2, -0.15) is 5.26 Å². The van der Waals surface area contributed by atoms with Gasteiger partial charge in [-0.25, -0.2) is 0 Å². The monoisotopic (exact) mass is 442 g/mol. The molecule has 0 unspecified atom stereocenters. The summed E-state index contributed by atoms with van der Waals surface area (Å²) in [5.41, 5.74) is 3.12. The summed E-state index contributed by atoms with van der Waals surface area (Å²) in [6, 6.07) is 10.3. The maximum Gasteiger partial charge on any atom is 0.239 e. The van der Waals surface area contributed by atoms with Crippen molar-refractivity contribution in [2.24, 2.45) is 0 Å². The van der Waals surface area contributed by atoms with Gasteiger partial charge in [0, 0.05) is 42.6 Å². The Bertz CT molecular complexity index is 926. The van der Waals surface area contributed by atoms with E-state index in [1.807, 2.05) is 12.1 Å². The first-order valence-corrected chi connectivity index (χ1v) is 11.9. The zero-order valence-electron chi connectivity index (χ0n) is 17.1. The molecule has 0 bridgehead atoms. The van der Waals surface area contributed by atoms with E-state index < -0.39 is 0 Å². The molecule has 2 heterocycles. The highest BCUT2D eigenvalue weighted by atomic mass is 35.5. The first-order valence-electron chi connectivity index (χ1n) is 10.7. The molecular weight excluding hydrogens is 416 g/mol. The van der Waals surface area contributed by atoms with Gasteiger partial charge in [0.05, 0.1) is 12.1 Å². The number of nitriles is 1.